The van der Waals surface area contributed by atoms with Crippen molar-refractivity contribution in [1.82, 2.24) is 0 Å². The Morgan fingerprint density at radius 1 is 1.17 bits per heavy atom. The van der Waals surface area contributed by atoms with Gasteiger partial charge < -0.3 is 9.90 Å². The molecule has 0 spiro atoms. The Hall–Kier alpha value is -2.81. The Balaban J connectivity index is 2.51. The molecular formula is C14H9FNO6S-. The number of nitro groups is 1. The minimum atomic E-state index is -4.17. The zero-order valence-electron chi connectivity index (χ0n) is 11.4. The van der Waals surface area contributed by atoms with Gasteiger partial charge in [0.05, 0.1) is 16.6 Å². The molecule has 0 aliphatic rings. The normalized spacial score (nSPS) is 11.2. The fraction of sp³-hybridized carbons (Fsp3) is 0.0714. The molecule has 0 atom stereocenters. The number of carboxylic acids is 1. The van der Waals surface area contributed by atoms with E-state index < -0.39 is 48.4 Å². The Bertz CT molecular complexity index is 894. The lowest BCUT2D eigenvalue weighted by Crippen LogP contribution is -2.22. The van der Waals surface area contributed by atoms with Gasteiger partial charge in [0.25, 0.3) is 5.69 Å². The van der Waals surface area contributed by atoms with Gasteiger partial charge in [-0.25, -0.2) is 12.8 Å². The smallest absolute Gasteiger partial charge is 0.288 e. The molecule has 0 N–H and O–H groups in total. The van der Waals surface area contributed by atoms with Crippen LogP contribution in [-0.2, 0) is 15.6 Å². The number of rotatable bonds is 5. The van der Waals surface area contributed by atoms with Crippen LogP contribution in [0.15, 0.2) is 47.4 Å². The van der Waals surface area contributed by atoms with Gasteiger partial charge in [-0.3, -0.25) is 10.1 Å². The minimum absolute atomic E-state index is 0.114. The van der Waals surface area contributed by atoms with Crippen molar-refractivity contribution in [3.05, 3.63) is 69.5 Å². The minimum Gasteiger partial charge on any atom is -0.545 e. The van der Waals surface area contributed by atoms with E-state index in [9.17, 15) is 32.8 Å². The largest absolute Gasteiger partial charge is 0.545 e. The third kappa shape index (κ3) is 3.69. The van der Waals surface area contributed by atoms with Crippen LogP contribution in [0.4, 0.5) is 10.1 Å². The first-order valence-corrected chi connectivity index (χ1v) is 7.83. The number of nitro benzene ring substituents is 1. The second kappa shape index (κ2) is 6.13. The number of hydrogen-bond acceptors (Lipinski definition) is 6. The second-order valence-electron chi connectivity index (χ2n) is 4.62. The highest BCUT2D eigenvalue weighted by atomic mass is 32.2. The van der Waals surface area contributed by atoms with Crippen LogP contribution in [0.25, 0.3) is 0 Å². The maximum absolute atomic E-state index is 13.1. The molecule has 9 heteroatoms. The predicted octanol–water partition coefficient (Wildman–Crippen LogP) is 1.07. The summed E-state index contributed by atoms with van der Waals surface area (Å²) in [5, 5.41) is 21.8. The van der Waals surface area contributed by atoms with Crippen molar-refractivity contribution in [2.75, 3.05) is 0 Å². The van der Waals surface area contributed by atoms with E-state index in [2.05, 4.69) is 0 Å². The Labute approximate surface area is 130 Å². The monoisotopic (exact) mass is 338 g/mol. The molecule has 0 unspecified atom stereocenters. The molecule has 0 aromatic heterocycles. The summed E-state index contributed by atoms with van der Waals surface area (Å²) in [6.45, 7) is 0. The van der Waals surface area contributed by atoms with Crippen molar-refractivity contribution in [2.24, 2.45) is 0 Å². The number of carboxylic acid groups (broad SMARTS) is 1. The summed E-state index contributed by atoms with van der Waals surface area (Å²) < 4.78 is 37.8. The summed E-state index contributed by atoms with van der Waals surface area (Å²) in [6, 6.07) is 7.16. The standard InChI is InChI=1S/C14H10FNO6S/c15-11-3-1-2-9(6-11)8-23(21,22)13-5-4-10(14(17)18)7-12(13)16(19)20/h1-7H,8H2,(H,17,18)/p-1. The molecule has 0 aliphatic carbocycles. The first-order chi connectivity index (χ1) is 10.7. The second-order valence-corrected chi connectivity index (χ2v) is 6.57. The molecule has 2 aromatic carbocycles. The number of benzene rings is 2. The lowest BCUT2D eigenvalue weighted by atomic mass is 10.2. The highest BCUT2D eigenvalue weighted by Crippen LogP contribution is 2.28. The first kappa shape index (κ1) is 16.6. The average molecular weight is 338 g/mol. The summed E-state index contributed by atoms with van der Waals surface area (Å²) >= 11 is 0. The number of carbonyl (C=O) groups excluding carboxylic acids is 1. The maximum atomic E-state index is 13.1. The van der Waals surface area contributed by atoms with Crippen LogP contribution in [0.2, 0.25) is 0 Å². The first-order valence-electron chi connectivity index (χ1n) is 6.18. The predicted molar refractivity (Wildman–Crippen MR) is 74.7 cm³/mol. The summed E-state index contributed by atoms with van der Waals surface area (Å²) in [7, 11) is -4.17. The molecule has 0 saturated carbocycles. The molecule has 0 radical (unpaired) electrons. The molecule has 2 aromatic rings. The van der Waals surface area contributed by atoms with Gasteiger partial charge in [-0.1, -0.05) is 18.2 Å². The van der Waals surface area contributed by atoms with Crippen molar-refractivity contribution in [3.63, 3.8) is 0 Å². The summed E-state index contributed by atoms with van der Waals surface area (Å²) in [6.07, 6.45) is 0. The number of sulfone groups is 1. The fourth-order valence-corrected chi connectivity index (χ4v) is 3.48. The van der Waals surface area contributed by atoms with Gasteiger partial charge in [-0.2, -0.15) is 0 Å². The SMILES string of the molecule is O=C([O-])c1ccc(S(=O)(=O)Cc2cccc(F)c2)c([N+](=O)[O-])c1. The molecule has 7 nitrogen and oxygen atoms in total. The lowest BCUT2D eigenvalue weighted by Gasteiger charge is -2.08. The summed E-state index contributed by atoms with van der Waals surface area (Å²) in [5.41, 5.74) is -1.27. The lowest BCUT2D eigenvalue weighted by molar-refractivity contribution is -0.387. The third-order valence-electron chi connectivity index (χ3n) is 2.97. The van der Waals surface area contributed by atoms with Crippen LogP contribution in [-0.4, -0.2) is 19.3 Å². The molecule has 2 rings (SSSR count). The van der Waals surface area contributed by atoms with Gasteiger partial charge in [0.1, 0.15) is 10.7 Å². The summed E-state index contributed by atoms with van der Waals surface area (Å²) in [5.74, 6) is -2.96. The fourth-order valence-electron chi connectivity index (χ4n) is 1.97. The van der Waals surface area contributed by atoms with Gasteiger partial charge in [-0.05, 0) is 23.8 Å². The van der Waals surface area contributed by atoms with Crippen molar-refractivity contribution in [3.8, 4) is 0 Å². The number of hydrogen-bond donors (Lipinski definition) is 0. The Kier molecular flexibility index (Phi) is 4.41. The molecule has 120 valence electrons. The van der Waals surface area contributed by atoms with E-state index in [1.807, 2.05) is 0 Å². The number of nitrogens with zero attached hydrogens (tertiary/aromatic N) is 1. The maximum Gasteiger partial charge on any atom is 0.288 e. The van der Waals surface area contributed by atoms with Gasteiger partial charge in [0.2, 0.25) is 0 Å². The Morgan fingerprint density at radius 3 is 2.43 bits per heavy atom. The van der Waals surface area contributed by atoms with Crippen molar-refractivity contribution in [1.29, 1.82) is 0 Å². The van der Waals surface area contributed by atoms with Gasteiger partial charge in [0, 0.05) is 11.6 Å². The van der Waals surface area contributed by atoms with Crippen molar-refractivity contribution in [2.45, 2.75) is 10.6 Å². The quantitative estimate of drug-likeness (QED) is 0.594. The van der Waals surface area contributed by atoms with E-state index in [1.54, 1.807) is 0 Å². The van der Waals surface area contributed by atoms with E-state index in [4.69, 9.17) is 0 Å². The molecule has 0 bridgehead atoms. The van der Waals surface area contributed by atoms with Crippen LogP contribution >= 0.6 is 0 Å². The van der Waals surface area contributed by atoms with E-state index >= 15 is 0 Å². The van der Waals surface area contributed by atoms with Gasteiger partial charge in [0.15, 0.2) is 9.84 Å². The number of carbonyl (C=O) groups is 1. The number of aromatic carboxylic acids is 1. The van der Waals surface area contributed by atoms with Crippen LogP contribution in [0, 0.1) is 15.9 Å². The molecule has 0 aliphatic heterocycles. The molecular weight excluding hydrogens is 329 g/mol. The van der Waals surface area contributed by atoms with Crippen LogP contribution in [0.1, 0.15) is 15.9 Å². The average Bonchev–Trinajstić information content (AvgIpc) is 2.46. The van der Waals surface area contributed by atoms with Gasteiger partial charge in [-0.15, -0.1) is 0 Å². The molecule has 0 fully saturated rings. The molecule has 23 heavy (non-hydrogen) atoms. The van der Waals surface area contributed by atoms with Crippen molar-refractivity contribution >= 4 is 21.5 Å². The highest BCUT2D eigenvalue weighted by molar-refractivity contribution is 7.90. The molecule has 0 saturated heterocycles. The zero-order valence-corrected chi connectivity index (χ0v) is 12.2. The topological polar surface area (TPSA) is 117 Å². The number of halogens is 1. The van der Waals surface area contributed by atoms with Crippen LogP contribution in [0.5, 0.6) is 0 Å². The van der Waals surface area contributed by atoms with E-state index in [-0.39, 0.29) is 5.56 Å². The highest BCUT2D eigenvalue weighted by Gasteiger charge is 2.26. The van der Waals surface area contributed by atoms with E-state index in [0.29, 0.717) is 6.07 Å². The van der Waals surface area contributed by atoms with Gasteiger partial charge >= 0.3 is 0 Å². The third-order valence-corrected chi connectivity index (χ3v) is 4.70. The van der Waals surface area contributed by atoms with E-state index in [1.165, 1.54) is 12.1 Å². The molecule has 0 heterocycles. The van der Waals surface area contributed by atoms with Crippen molar-refractivity contribution < 1.29 is 27.6 Å². The molecule has 0 amide bonds. The van der Waals surface area contributed by atoms with Crippen LogP contribution < -0.4 is 5.11 Å². The summed E-state index contributed by atoms with van der Waals surface area (Å²) in [4.78, 5) is 20.1. The Morgan fingerprint density at radius 2 is 1.87 bits per heavy atom. The van der Waals surface area contributed by atoms with E-state index in [0.717, 1.165) is 24.3 Å². The van der Waals surface area contributed by atoms with Crippen LogP contribution in [0.3, 0.4) is 0 Å². The zero-order chi connectivity index (χ0) is 17.2.